The molecule has 0 saturated heterocycles. The van der Waals surface area contributed by atoms with Gasteiger partial charge in [-0.15, -0.1) is 0 Å². The largest absolute Gasteiger partial charge is 0.376 e. The van der Waals surface area contributed by atoms with E-state index in [1.165, 1.54) is 0 Å². The summed E-state index contributed by atoms with van der Waals surface area (Å²) in [7, 11) is 0. The first-order valence-corrected chi connectivity index (χ1v) is 4.31. The van der Waals surface area contributed by atoms with Crippen molar-refractivity contribution in [2.45, 2.75) is 0 Å². The maximum absolute atomic E-state index is 9.13. The Balaban J connectivity index is 2.32. The van der Waals surface area contributed by atoms with Crippen LogP contribution < -0.4 is 10.2 Å². The smallest absolute Gasteiger partial charge is 0.165 e. The van der Waals surface area contributed by atoms with Gasteiger partial charge in [0.05, 0.1) is 6.67 Å². The lowest BCUT2D eigenvalue weighted by Gasteiger charge is -2.13. The van der Waals surface area contributed by atoms with E-state index in [0.29, 0.717) is 6.67 Å². The van der Waals surface area contributed by atoms with Gasteiger partial charge < -0.3 is 15.3 Å². The first kappa shape index (κ1) is 7.57. The molecule has 0 unspecified atom stereocenters. The van der Waals surface area contributed by atoms with Crippen molar-refractivity contribution in [3.8, 4) is 0 Å². The van der Waals surface area contributed by atoms with Gasteiger partial charge in [0.1, 0.15) is 18.7 Å². The number of imidazole rings is 1. The van der Waals surface area contributed by atoms with Crippen LogP contribution >= 0.6 is 0 Å². The first-order valence-electron chi connectivity index (χ1n) is 4.31. The van der Waals surface area contributed by atoms with Crippen LogP contribution in [0.15, 0.2) is 18.7 Å². The van der Waals surface area contributed by atoms with E-state index in [1.54, 1.807) is 17.4 Å². The fraction of sp³-hybridized carbons (Fsp3) is 0.250. The average molecular weight is 191 g/mol. The number of nitrogens with zero attached hydrogens (tertiary/aromatic N) is 4. The van der Waals surface area contributed by atoms with E-state index in [1.807, 2.05) is 10.6 Å². The summed E-state index contributed by atoms with van der Waals surface area (Å²) in [5.74, 6) is 0.776. The summed E-state index contributed by atoms with van der Waals surface area (Å²) in [6, 6.07) is 0. The van der Waals surface area contributed by atoms with E-state index in [-0.39, 0.29) is 6.73 Å². The number of fused-ring (bicyclic) bond motifs is 3. The van der Waals surface area contributed by atoms with Gasteiger partial charge in [-0.05, 0) is 0 Å². The number of aliphatic hydroxyl groups excluding tert-OH is 1. The second-order valence-corrected chi connectivity index (χ2v) is 3.12. The highest BCUT2D eigenvalue weighted by molar-refractivity contribution is 5.83. The summed E-state index contributed by atoms with van der Waals surface area (Å²) in [4.78, 5) is 10.2. The zero-order valence-corrected chi connectivity index (χ0v) is 7.38. The number of aliphatic hydroxyl groups is 1. The predicted octanol–water partition coefficient (Wildman–Crippen LogP) is -0.132. The minimum atomic E-state index is -0.0335. The monoisotopic (exact) mass is 191 g/mol. The number of hydrogen-bond acceptors (Lipinski definition) is 5. The zero-order valence-electron chi connectivity index (χ0n) is 7.38. The van der Waals surface area contributed by atoms with Crippen LogP contribution in [0.25, 0.3) is 5.65 Å². The van der Waals surface area contributed by atoms with Gasteiger partial charge in [-0.1, -0.05) is 0 Å². The van der Waals surface area contributed by atoms with Crippen LogP contribution in [0.3, 0.4) is 0 Å². The molecule has 2 aromatic heterocycles. The van der Waals surface area contributed by atoms with Crippen molar-refractivity contribution in [3.05, 3.63) is 18.7 Å². The third kappa shape index (κ3) is 0.828. The molecule has 0 fully saturated rings. The Kier molecular flexibility index (Phi) is 1.40. The van der Waals surface area contributed by atoms with Crippen molar-refractivity contribution >= 4 is 17.2 Å². The van der Waals surface area contributed by atoms with Gasteiger partial charge in [-0.25, -0.2) is 9.97 Å². The Hall–Kier alpha value is -1.82. The molecule has 0 amide bonds. The highest BCUT2D eigenvalue weighted by atomic mass is 16.3. The normalized spacial score (nSPS) is 14.5. The first-order chi connectivity index (χ1) is 6.90. The molecule has 0 aromatic carbocycles. The van der Waals surface area contributed by atoms with Crippen LogP contribution in [0.2, 0.25) is 0 Å². The Labute approximate surface area is 79.8 Å². The van der Waals surface area contributed by atoms with Crippen LogP contribution in [-0.4, -0.2) is 32.9 Å². The minimum absolute atomic E-state index is 0.0335. The van der Waals surface area contributed by atoms with E-state index in [2.05, 4.69) is 15.3 Å². The van der Waals surface area contributed by atoms with Gasteiger partial charge in [0.25, 0.3) is 0 Å². The van der Waals surface area contributed by atoms with E-state index in [4.69, 9.17) is 5.11 Å². The third-order valence-electron chi connectivity index (χ3n) is 2.34. The second-order valence-electron chi connectivity index (χ2n) is 3.12. The van der Waals surface area contributed by atoms with Gasteiger partial charge in [0, 0.05) is 12.4 Å². The molecular weight excluding hydrogens is 182 g/mol. The minimum Gasteiger partial charge on any atom is -0.376 e. The van der Waals surface area contributed by atoms with Crippen molar-refractivity contribution < 1.29 is 5.11 Å². The van der Waals surface area contributed by atoms with Crippen LogP contribution in [0.4, 0.5) is 11.5 Å². The van der Waals surface area contributed by atoms with Crippen LogP contribution in [0, 0.1) is 0 Å². The summed E-state index contributed by atoms with van der Waals surface area (Å²) in [5, 5.41) is 12.2. The van der Waals surface area contributed by atoms with Gasteiger partial charge >= 0.3 is 0 Å². The van der Waals surface area contributed by atoms with Crippen LogP contribution in [0.1, 0.15) is 0 Å². The fourth-order valence-electron chi connectivity index (χ4n) is 1.67. The molecule has 1 aliphatic heterocycles. The van der Waals surface area contributed by atoms with Gasteiger partial charge in [-0.2, -0.15) is 0 Å². The average Bonchev–Trinajstić information content (AvgIpc) is 2.82. The molecule has 6 nitrogen and oxygen atoms in total. The molecule has 0 bridgehead atoms. The quantitative estimate of drug-likeness (QED) is 0.657. The van der Waals surface area contributed by atoms with Crippen molar-refractivity contribution in [1.82, 2.24) is 14.4 Å². The Morgan fingerprint density at radius 3 is 3.29 bits per heavy atom. The van der Waals surface area contributed by atoms with Gasteiger partial charge in [0.2, 0.25) is 0 Å². The molecule has 0 saturated carbocycles. The number of aromatic nitrogens is 3. The summed E-state index contributed by atoms with van der Waals surface area (Å²) in [5.41, 5.74) is 1.68. The van der Waals surface area contributed by atoms with E-state index in [9.17, 15) is 0 Å². The van der Waals surface area contributed by atoms with E-state index in [0.717, 1.165) is 17.2 Å². The molecule has 2 N–H and O–H groups in total. The Bertz CT molecular complexity index is 480. The molecule has 0 aliphatic carbocycles. The molecule has 72 valence electrons. The molecule has 2 aromatic rings. The van der Waals surface area contributed by atoms with E-state index < -0.39 is 0 Å². The fourth-order valence-corrected chi connectivity index (χ4v) is 1.67. The summed E-state index contributed by atoms with van der Waals surface area (Å²) in [6.45, 7) is 0.541. The molecule has 3 rings (SSSR count). The number of anilines is 2. The topological polar surface area (TPSA) is 65.7 Å². The number of rotatable bonds is 1. The molecular formula is C8H9N5O. The lowest BCUT2D eigenvalue weighted by atomic mass is 10.4. The van der Waals surface area contributed by atoms with Gasteiger partial charge in [0.15, 0.2) is 11.5 Å². The Morgan fingerprint density at radius 1 is 1.50 bits per heavy atom. The zero-order chi connectivity index (χ0) is 9.54. The number of nitrogens with one attached hydrogen (secondary N) is 1. The lowest BCUT2D eigenvalue weighted by Crippen LogP contribution is -2.23. The molecule has 14 heavy (non-hydrogen) atoms. The third-order valence-corrected chi connectivity index (χ3v) is 2.34. The molecule has 0 radical (unpaired) electrons. The highest BCUT2D eigenvalue weighted by Crippen LogP contribution is 2.31. The molecule has 3 heterocycles. The lowest BCUT2D eigenvalue weighted by molar-refractivity contribution is 0.295. The van der Waals surface area contributed by atoms with Crippen molar-refractivity contribution in [2.75, 3.05) is 23.6 Å². The predicted molar refractivity (Wildman–Crippen MR) is 51.0 cm³/mol. The Morgan fingerprint density at radius 2 is 2.43 bits per heavy atom. The highest BCUT2D eigenvalue weighted by Gasteiger charge is 2.22. The summed E-state index contributed by atoms with van der Waals surface area (Å²) < 4.78 is 1.83. The van der Waals surface area contributed by atoms with Crippen molar-refractivity contribution in [2.24, 2.45) is 0 Å². The maximum Gasteiger partial charge on any atom is 0.165 e. The van der Waals surface area contributed by atoms with Gasteiger partial charge in [-0.3, -0.25) is 4.40 Å². The molecule has 6 heteroatoms. The van der Waals surface area contributed by atoms with E-state index >= 15 is 0 Å². The van der Waals surface area contributed by atoms with Crippen molar-refractivity contribution in [1.29, 1.82) is 0 Å². The molecule has 0 atom stereocenters. The molecule has 0 spiro atoms. The summed E-state index contributed by atoms with van der Waals surface area (Å²) >= 11 is 0. The molecule has 1 aliphatic rings. The van der Waals surface area contributed by atoms with Crippen molar-refractivity contribution in [3.63, 3.8) is 0 Å². The van der Waals surface area contributed by atoms with Crippen LogP contribution in [-0.2, 0) is 0 Å². The maximum atomic E-state index is 9.13. The second kappa shape index (κ2) is 2.58. The number of hydrogen-bond donors (Lipinski definition) is 2. The standard InChI is InChI=1S/C8H9N5O/c14-5-13-4-11-7-6(13)8-9-1-2-12(8)3-10-7/h1-3,11,14H,4-5H2. The van der Waals surface area contributed by atoms with Crippen LogP contribution in [0.5, 0.6) is 0 Å². The summed E-state index contributed by atoms with van der Waals surface area (Å²) in [6.07, 6.45) is 5.25. The SMILES string of the molecule is OCN1CNc2ncn3ccnc3c21.